The monoisotopic (exact) mass is 422 g/mol. The SMILES string of the molecule is COc1ccc(-c2cccc(Oc3ncnc4cc(OC)c(OC)cc34)c2)cc1Cl. The van der Waals surface area contributed by atoms with E-state index in [0.29, 0.717) is 44.8 Å². The summed E-state index contributed by atoms with van der Waals surface area (Å²) in [5.74, 6) is 2.85. The molecule has 30 heavy (non-hydrogen) atoms. The topological polar surface area (TPSA) is 62.7 Å². The van der Waals surface area contributed by atoms with Crippen molar-refractivity contribution in [3.63, 3.8) is 0 Å². The first-order valence-corrected chi connectivity index (χ1v) is 9.49. The fraction of sp³-hybridized carbons (Fsp3) is 0.130. The zero-order chi connectivity index (χ0) is 21.1. The highest BCUT2D eigenvalue weighted by molar-refractivity contribution is 6.32. The molecule has 0 saturated carbocycles. The molecule has 1 aromatic heterocycles. The van der Waals surface area contributed by atoms with Crippen LogP contribution in [0.4, 0.5) is 0 Å². The lowest BCUT2D eigenvalue weighted by Gasteiger charge is -2.12. The molecule has 152 valence electrons. The Kier molecular flexibility index (Phi) is 5.59. The van der Waals surface area contributed by atoms with Crippen LogP contribution >= 0.6 is 11.6 Å². The molecule has 0 radical (unpaired) electrons. The largest absolute Gasteiger partial charge is 0.495 e. The summed E-state index contributed by atoms with van der Waals surface area (Å²) in [6.45, 7) is 0. The van der Waals surface area contributed by atoms with Crippen molar-refractivity contribution in [2.45, 2.75) is 0 Å². The number of nitrogens with zero attached hydrogens (tertiary/aromatic N) is 2. The lowest BCUT2D eigenvalue weighted by molar-refractivity contribution is 0.355. The lowest BCUT2D eigenvalue weighted by atomic mass is 10.1. The average molecular weight is 423 g/mol. The van der Waals surface area contributed by atoms with E-state index in [0.717, 1.165) is 11.1 Å². The highest BCUT2D eigenvalue weighted by Crippen LogP contribution is 2.37. The molecular formula is C23H19ClN2O4. The van der Waals surface area contributed by atoms with E-state index >= 15 is 0 Å². The molecule has 0 aliphatic rings. The number of ether oxygens (including phenoxy) is 4. The maximum Gasteiger partial charge on any atom is 0.230 e. The van der Waals surface area contributed by atoms with Gasteiger partial charge in [0.15, 0.2) is 11.5 Å². The van der Waals surface area contributed by atoms with Gasteiger partial charge in [-0.1, -0.05) is 29.8 Å². The third-order valence-corrected chi connectivity index (χ3v) is 4.93. The first kappa shape index (κ1) is 19.8. The van der Waals surface area contributed by atoms with Crippen LogP contribution in [0, 0.1) is 0 Å². The maximum atomic E-state index is 6.27. The van der Waals surface area contributed by atoms with Gasteiger partial charge in [-0.15, -0.1) is 0 Å². The third kappa shape index (κ3) is 3.82. The van der Waals surface area contributed by atoms with Crippen molar-refractivity contribution >= 4 is 22.5 Å². The molecule has 0 saturated heterocycles. The van der Waals surface area contributed by atoms with E-state index in [1.807, 2.05) is 42.5 Å². The van der Waals surface area contributed by atoms with Crippen LogP contribution in [0.1, 0.15) is 0 Å². The molecule has 0 unspecified atom stereocenters. The minimum atomic E-state index is 0.422. The van der Waals surface area contributed by atoms with Gasteiger partial charge in [-0.3, -0.25) is 0 Å². The van der Waals surface area contributed by atoms with E-state index in [1.165, 1.54) is 6.33 Å². The molecule has 4 rings (SSSR count). The Morgan fingerprint density at radius 1 is 0.733 bits per heavy atom. The number of hydrogen-bond acceptors (Lipinski definition) is 6. The molecule has 0 aliphatic heterocycles. The molecule has 0 spiro atoms. The summed E-state index contributed by atoms with van der Waals surface area (Å²) < 4.78 is 22.1. The Hall–Kier alpha value is -3.51. The minimum absolute atomic E-state index is 0.422. The minimum Gasteiger partial charge on any atom is -0.495 e. The number of methoxy groups -OCH3 is 3. The summed E-state index contributed by atoms with van der Waals surface area (Å²) >= 11 is 6.27. The van der Waals surface area contributed by atoms with E-state index in [2.05, 4.69) is 9.97 Å². The number of hydrogen-bond donors (Lipinski definition) is 0. The van der Waals surface area contributed by atoms with Gasteiger partial charge < -0.3 is 18.9 Å². The molecule has 3 aromatic carbocycles. The van der Waals surface area contributed by atoms with E-state index in [1.54, 1.807) is 33.5 Å². The van der Waals surface area contributed by atoms with Crippen LogP contribution in [0.3, 0.4) is 0 Å². The number of benzene rings is 3. The molecule has 0 atom stereocenters. The molecule has 0 aliphatic carbocycles. The van der Waals surface area contributed by atoms with Gasteiger partial charge in [-0.05, 0) is 41.5 Å². The van der Waals surface area contributed by atoms with Crippen LogP contribution in [-0.2, 0) is 0 Å². The Morgan fingerprint density at radius 3 is 2.20 bits per heavy atom. The van der Waals surface area contributed by atoms with Crippen molar-refractivity contribution < 1.29 is 18.9 Å². The lowest BCUT2D eigenvalue weighted by Crippen LogP contribution is -1.95. The highest BCUT2D eigenvalue weighted by Gasteiger charge is 2.13. The van der Waals surface area contributed by atoms with Gasteiger partial charge in [-0.2, -0.15) is 0 Å². The van der Waals surface area contributed by atoms with Crippen molar-refractivity contribution in [1.29, 1.82) is 0 Å². The standard InChI is InChI=1S/C23H19ClN2O4/c1-27-20-8-7-15(10-18(20)24)14-5-4-6-16(9-14)30-23-17-11-21(28-2)22(29-3)12-19(17)25-13-26-23/h4-13H,1-3H3. The van der Waals surface area contributed by atoms with Gasteiger partial charge in [-0.25, -0.2) is 9.97 Å². The molecule has 1 heterocycles. The first-order chi connectivity index (χ1) is 14.6. The van der Waals surface area contributed by atoms with Crippen LogP contribution in [0.15, 0.2) is 60.9 Å². The summed E-state index contributed by atoms with van der Waals surface area (Å²) in [6.07, 6.45) is 1.46. The molecule has 7 heteroatoms. The number of fused-ring (bicyclic) bond motifs is 1. The summed E-state index contributed by atoms with van der Waals surface area (Å²) in [7, 11) is 4.75. The second-order valence-corrected chi connectivity index (χ2v) is 6.79. The van der Waals surface area contributed by atoms with E-state index in [-0.39, 0.29) is 0 Å². The van der Waals surface area contributed by atoms with Crippen LogP contribution in [0.2, 0.25) is 5.02 Å². The van der Waals surface area contributed by atoms with Gasteiger partial charge in [0.2, 0.25) is 5.88 Å². The van der Waals surface area contributed by atoms with Gasteiger partial charge in [0.25, 0.3) is 0 Å². The second kappa shape index (κ2) is 8.47. The Morgan fingerprint density at radius 2 is 1.47 bits per heavy atom. The number of aromatic nitrogens is 2. The molecule has 4 aromatic rings. The molecule has 0 amide bonds. The van der Waals surface area contributed by atoms with Crippen LogP contribution in [-0.4, -0.2) is 31.3 Å². The molecule has 0 fully saturated rings. The summed E-state index contributed by atoms with van der Waals surface area (Å²) in [5, 5.41) is 1.26. The number of rotatable bonds is 6. The van der Waals surface area contributed by atoms with E-state index < -0.39 is 0 Å². The average Bonchev–Trinajstić information content (AvgIpc) is 2.78. The van der Waals surface area contributed by atoms with Crippen LogP contribution in [0.25, 0.3) is 22.0 Å². The van der Waals surface area contributed by atoms with Crippen molar-refractivity contribution in [2.24, 2.45) is 0 Å². The summed E-state index contributed by atoms with van der Waals surface area (Å²) in [5.41, 5.74) is 2.59. The van der Waals surface area contributed by atoms with Gasteiger partial charge in [0, 0.05) is 6.07 Å². The zero-order valence-corrected chi connectivity index (χ0v) is 17.4. The zero-order valence-electron chi connectivity index (χ0n) is 16.7. The molecule has 6 nitrogen and oxygen atoms in total. The van der Waals surface area contributed by atoms with E-state index in [4.69, 9.17) is 30.5 Å². The normalized spacial score (nSPS) is 10.7. The second-order valence-electron chi connectivity index (χ2n) is 6.38. The third-order valence-electron chi connectivity index (χ3n) is 4.64. The van der Waals surface area contributed by atoms with Crippen molar-refractivity contribution in [3.05, 3.63) is 65.9 Å². The quantitative estimate of drug-likeness (QED) is 0.393. The first-order valence-electron chi connectivity index (χ1n) is 9.11. The Balaban J connectivity index is 1.71. The van der Waals surface area contributed by atoms with Crippen LogP contribution < -0.4 is 18.9 Å². The van der Waals surface area contributed by atoms with Gasteiger partial charge in [0.05, 0.1) is 37.3 Å². The van der Waals surface area contributed by atoms with E-state index in [9.17, 15) is 0 Å². The van der Waals surface area contributed by atoms with Crippen molar-refractivity contribution in [3.8, 4) is 40.0 Å². The highest BCUT2D eigenvalue weighted by atomic mass is 35.5. The predicted molar refractivity (Wildman–Crippen MR) is 116 cm³/mol. The number of halogens is 1. The Labute approximate surface area is 179 Å². The van der Waals surface area contributed by atoms with Gasteiger partial charge >= 0.3 is 0 Å². The fourth-order valence-corrected chi connectivity index (χ4v) is 3.40. The molecular weight excluding hydrogens is 404 g/mol. The van der Waals surface area contributed by atoms with Crippen molar-refractivity contribution in [1.82, 2.24) is 9.97 Å². The predicted octanol–water partition coefficient (Wildman–Crippen LogP) is 5.77. The fourth-order valence-electron chi connectivity index (χ4n) is 3.14. The molecule has 0 bridgehead atoms. The van der Waals surface area contributed by atoms with Crippen molar-refractivity contribution in [2.75, 3.05) is 21.3 Å². The Bertz CT molecular complexity index is 1210. The smallest absolute Gasteiger partial charge is 0.230 e. The summed E-state index contributed by atoms with van der Waals surface area (Å²) in [4.78, 5) is 8.61. The molecule has 0 N–H and O–H groups in total. The van der Waals surface area contributed by atoms with Crippen LogP contribution in [0.5, 0.6) is 28.9 Å². The van der Waals surface area contributed by atoms with Gasteiger partial charge in [0.1, 0.15) is 17.8 Å². The maximum absolute atomic E-state index is 6.27. The summed E-state index contributed by atoms with van der Waals surface area (Å²) in [6, 6.07) is 16.9.